The van der Waals surface area contributed by atoms with Crippen LogP contribution in [0.4, 0.5) is 10.6 Å². The fourth-order valence-corrected chi connectivity index (χ4v) is 2.58. The Balaban J connectivity index is 1.47. The van der Waals surface area contributed by atoms with Crippen LogP contribution in [0.2, 0.25) is 0 Å². The smallest absolute Gasteiger partial charge is 0.317 e. The highest BCUT2D eigenvalue weighted by Crippen LogP contribution is 2.11. The van der Waals surface area contributed by atoms with Crippen LogP contribution in [0.3, 0.4) is 0 Å². The molecule has 0 atom stereocenters. The second-order valence-corrected chi connectivity index (χ2v) is 5.51. The molecule has 3 rings (SSSR count). The maximum absolute atomic E-state index is 12.3. The summed E-state index contributed by atoms with van der Waals surface area (Å²) in [4.78, 5) is 24.5. The molecule has 7 nitrogen and oxygen atoms in total. The third-order valence-corrected chi connectivity index (χ3v) is 3.97. The van der Waals surface area contributed by atoms with Gasteiger partial charge in [0, 0.05) is 45.1 Å². The molecule has 2 aromatic rings. The lowest BCUT2D eigenvalue weighted by Gasteiger charge is -2.35. The van der Waals surface area contributed by atoms with Gasteiger partial charge in [0.15, 0.2) is 0 Å². The summed E-state index contributed by atoms with van der Waals surface area (Å²) in [6.07, 6.45) is 5.06. The Bertz CT molecular complexity index is 717. The molecule has 0 aliphatic carbocycles. The van der Waals surface area contributed by atoms with E-state index in [9.17, 15) is 4.79 Å². The summed E-state index contributed by atoms with van der Waals surface area (Å²) in [5.74, 6) is 0.843. The lowest BCUT2D eigenvalue weighted by atomic mass is 10.1. The predicted molar refractivity (Wildman–Crippen MR) is 89.2 cm³/mol. The van der Waals surface area contributed by atoms with Crippen molar-refractivity contribution < 1.29 is 4.79 Å². The van der Waals surface area contributed by atoms with E-state index in [-0.39, 0.29) is 6.03 Å². The maximum Gasteiger partial charge on any atom is 0.317 e. The Kier molecular flexibility index (Phi) is 4.87. The molecule has 1 saturated heterocycles. The molecule has 7 heteroatoms. The SMILES string of the molecule is N#Cc1ccc(CNC(=O)N2CCN(c3cnccn3)CC2)cc1. The van der Waals surface area contributed by atoms with Crippen LogP contribution in [-0.2, 0) is 6.54 Å². The second kappa shape index (κ2) is 7.42. The summed E-state index contributed by atoms with van der Waals surface area (Å²) in [7, 11) is 0. The number of aromatic nitrogens is 2. The Hall–Kier alpha value is -3.14. The van der Waals surface area contributed by atoms with Crippen molar-refractivity contribution in [2.75, 3.05) is 31.1 Å². The summed E-state index contributed by atoms with van der Waals surface area (Å²) >= 11 is 0. The first-order valence-corrected chi connectivity index (χ1v) is 7.79. The van der Waals surface area contributed by atoms with E-state index in [4.69, 9.17) is 5.26 Å². The first-order valence-electron chi connectivity index (χ1n) is 7.79. The molecule has 122 valence electrons. The van der Waals surface area contributed by atoms with Crippen molar-refractivity contribution in [1.82, 2.24) is 20.2 Å². The van der Waals surface area contributed by atoms with Crippen LogP contribution in [0, 0.1) is 11.3 Å². The molecule has 1 N–H and O–H groups in total. The quantitative estimate of drug-likeness (QED) is 0.923. The second-order valence-electron chi connectivity index (χ2n) is 5.51. The number of nitrogens with zero attached hydrogens (tertiary/aromatic N) is 5. The monoisotopic (exact) mass is 322 g/mol. The third kappa shape index (κ3) is 3.79. The van der Waals surface area contributed by atoms with Gasteiger partial charge in [-0.15, -0.1) is 0 Å². The van der Waals surface area contributed by atoms with Crippen molar-refractivity contribution in [3.63, 3.8) is 0 Å². The minimum absolute atomic E-state index is 0.0712. The van der Waals surface area contributed by atoms with Gasteiger partial charge in [-0.1, -0.05) is 12.1 Å². The average molecular weight is 322 g/mol. The zero-order valence-corrected chi connectivity index (χ0v) is 13.2. The summed E-state index contributed by atoms with van der Waals surface area (Å²) in [5, 5.41) is 11.7. The lowest BCUT2D eigenvalue weighted by Crippen LogP contribution is -2.51. The number of rotatable bonds is 3. The zero-order chi connectivity index (χ0) is 16.8. The highest BCUT2D eigenvalue weighted by atomic mass is 16.2. The summed E-state index contributed by atoms with van der Waals surface area (Å²) in [6.45, 7) is 3.23. The number of benzene rings is 1. The number of nitrogens with one attached hydrogen (secondary N) is 1. The van der Waals surface area contributed by atoms with Gasteiger partial charge in [-0.2, -0.15) is 5.26 Å². The molecule has 1 aromatic heterocycles. The van der Waals surface area contributed by atoms with Gasteiger partial charge in [0.2, 0.25) is 0 Å². The number of carbonyl (C=O) groups is 1. The van der Waals surface area contributed by atoms with Gasteiger partial charge in [-0.05, 0) is 17.7 Å². The van der Waals surface area contributed by atoms with Crippen molar-refractivity contribution >= 4 is 11.8 Å². The van der Waals surface area contributed by atoms with Crippen LogP contribution in [0.15, 0.2) is 42.9 Å². The number of anilines is 1. The van der Waals surface area contributed by atoms with Crippen LogP contribution in [0.1, 0.15) is 11.1 Å². The van der Waals surface area contributed by atoms with E-state index >= 15 is 0 Å². The van der Waals surface area contributed by atoms with E-state index in [1.54, 1.807) is 35.6 Å². The van der Waals surface area contributed by atoms with Gasteiger partial charge in [-0.3, -0.25) is 4.98 Å². The van der Waals surface area contributed by atoms with Crippen molar-refractivity contribution in [2.45, 2.75) is 6.54 Å². The summed E-state index contributed by atoms with van der Waals surface area (Å²) < 4.78 is 0. The van der Waals surface area contributed by atoms with Crippen LogP contribution >= 0.6 is 0 Å². The molecular weight excluding hydrogens is 304 g/mol. The molecule has 1 aliphatic heterocycles. The Morgan fingerprint density at radius 3 is 2.54 bits per heavy atom. The molecule has 2 amide bonds. The van der Waals surface area contributed by atoms with Crippen molar-refractivity contribution in [1.29, 1.82) is 5.26 Å². The van der Waals surface area contributed by atoms with E-state index < -0.39 is 0 Å². The Labute approximate surface area is 140 Å². The van der Waals surface area contributed by atoms with Crippen LogP contribution < -0.4 is 10.2 Å². The highest BCUT2D eigenvalue weighted by molar-refractivity contribution is 5.74. The number of urea groups is 1. The average Bonchev–Trinajstić information content (AvgIpc) is 2.67. The molecule has 0 spiro atoms. The molecule has 0 unspecified atom stereocenters. The minimum atomic E-state index is -0.0712. The molecule has 24 heavy (non-hydrogen) atoms. The Morgan fingerprint density at radius 2 is 1.92 bits per heavy atom. The van der Waals surface area contributed by atoms with Gasteiger partial charge >= 0.3 is 6.03 Å². The van der Waals surface area contributed by atoms with Crippen molar-refractivity contribution in [3.8, 4) is 6.07 Å². The number of carbonyl (C=O) groups excluding carboxylic acids is 1. The van der Waals surface area contributed by atoms with E-state index in [0.717, 1.165) is 24.5 Å². The van der Waals surface area contributed by atoms with Gasteiger partial charge in [0.25, 0.3) is 0 Å². The van der Waals surface area contributed by atoms with Gasteiger partial charge in [0.1, 0.15) is 5.82 Å². The van der Waals surface area contributed by atoms with E-state index in [0.29, 0.717) is 25.2 Å². The number of amides is 2. The molecule has 1 fully saturated rings. The standard InChI is InChI=1S/C17H18N6O/c18-11-14-1-3-15(4-2-14)12-21-17(24)23-9-7-22(8-10-23)16-13-19-5-6-20-16/h1-6,13H,7-10,12H2,(H,21,24). The molecule has 2 heterocycles. The first kappa shape index (κ1) is 15.7. The van der Waals surface area contributed by atoms with Gasteiger partial charge in [0.05, 0.1) is 17.8 Å². The molecule has 0 radical (unpaired) electrons. The minimum Gasteiger partial charge on any atom is -0.352 e. The fraction of sp³-hybridized carbons (Fsp3) is 0.294. The van der Waals surface area contributed by atoms with Crippen LogP contribution in [0.25, 0.3) is 0 Å². The first-order chi connectivity index (χ1) is 11.8. The van der Waals surface area contributed by atoms with Gasteiger partial charge < -0.3 is 15.1 Å². The number of nitriles is 1. The largest absolute Gasteiger partial charge is 0.352 e. The van der Waals surface area contributed by atoms with E-state index in [1.165, 1.54) is 0 Å². The van der Waals surface area contributed by atoms with E-state index in [2.05, 4.69) is 26.3 Å². The van der Waals surface area contributed by atoms with Crippen LogP contribution in [0.5, 0.6) is 0 Å². The van der Waals surface area contributed by atoms with Gasteiger partial charge in [-0.25, -0.2) is 9.78 Å². The molecule has 1 aliphatic rings. The van der Waals surface area contributed by atoms with Crippen LogP contribution in [-0.4, -0.2) is 47.1 Å². The van der Waals surface area contributed by atoms with E-state index in [1.807, 2.05) is 12.1 Å². The lowest BCUT2D eigenvalue weighted by molar-refractivity contribution is 0.194. The maximum atomic E-state index is 12.3. The normalized spacial score (nSPS) is 14.1. The predicted octanol–water partition coefficient (Wildman–Crippen LogP) is 1.38. The number of hydrogen-bond donors (Lipinski definition) is 1. The third-order valence-electron chi connectivity index (χ3n) is 3.97. The zero-order valence-electron chi connectivity index (χ0n) is 13.2. The van der Waals surface area contributed by atoms with Crippen molar-refractivity contribution in [3.05, 3.63) is 54.0 Å². The van der Waals surface area contributed by atoms with Crippen molar-refractivity contribution in [2.24, 2.45) is 0 Å². The molecule has 0 saturated carbocycles. The Morgan fingerprint density at radius 1 is 1.17 bits per heavy atom. The fourth-order valence-electron chi connectivity index (χ4n) is 2.58. The number of hydrogen-bond acceptors (Lipinski definition) is 5. The number of piperazine rings is 1. The summed E-state index contributed by atoms with van der Waals surface area (Å²) in [6, 6.07) is 9.21. The molecular formula is C17H18N6O. The molecule has 1 aromatic carbocycles. The summed E-state index contributed by atoms with van der Waals surface area (Å²) in [5.41, 5.74) is 1.59. The highest BCUT2D eigenvalue weighted by Gasteiger charge is 2.21. The topological polar surface area (TPSA) is 85.2 Å². The molecule has 0 bridgehead atoms.